The molecule has 3 atom stereocenters. The number of nitrogens with zero attached hydrogens (tertiary/aromatic N) is 1. The Morgan fingerprint density at radius 3 is 2.79 bits per heavy atom. The van der Waals surface area contributed by atoms with E-state index in [-0.39, 0.29) is 10.8 Å². The summed E-state index contributed by atoms with van der Waals surface area (Å²) in [4.78, 5) is 38.6. The molecule has 0 unspecified atom stereocenters. The van der Waals surface area contributed by atoms with Crippen LogP contribution in [0.15, 0.2) is 42.5 Å². The van der Waals surface area contributed by atoms with Gasteiger partial charge in [0.05, 0.1) is 4.87 Å². The van der Waals surface area contributed by atoms with Crippen LogP contribution in [0, 0.1) is 0 Å². The summed E-state index contributed by atoms with van der Waals surface area (Å²) in [5, 5.41) is 4.88. The molecule has 0 saturated carbocycles. The first-order chi connectivity index (χ1) is 13.4. The monoisotopic (exact) mass is 398 g/mol. The van der Waals surface area contributed by atoms with Crippen molar-refractivity contribution >= 4 is 46.0 Å². The molecular formula is C21H22N2O4S. The summed E-state index contributed by atoms with van der Waals surface area (Å²) in [5.41, 5.74) is 0.644. The van der Waals surface area contributed by atoms with Gasteiger partial charge in [-0.25, -0.2) is 4.79 Å². The highest BCUT2D eigenvalue weighted by Gasteiger charge is 2.53. The predicted octanol–water partition coefficient (Wildman–Crippen LogP) is 3.16. The van der Waals surface area contributed by atoms with E-state index in [1.54, 1.807) is 23.6 Å². The number of thioether (sulfide) groups is 1. The van der Waals surface area contributed by atoms with Crippen molar-refractivity contribution in [3.05, 3.63) is 42.5 Å². The molecule has 6 nitrogen and oxygen atoms in total. The van der Waals surface area contributed by atoms with Gasteiger partial charge in [0.15, 0.2) is 6.10 Å². The first-order valence-corrected chi connectivity index (χ1v) is 10.3. The van der Waals surface area contributed by atoms with E-state index in [1.807, 2.05) is 49.4 Å². The average molecular weight is 398 g/mol. The minimum absolute atomic E-state index is 0.0253. The second-order valence-electron chi connectivity index (χ2n) is 7.40. The topological polar surface area (TPSA) is 75.7 Å². The lowest BCUT2D eigenvalue weighted by atomic mass is 10.1. The number of ether oxygens (including phenoxy) is 1. The van der Waals surface area contributed by atoms with Gasteiger partial charge >= 0.3 is 5.97 Å². The lowest BCUT2D eigenvalue weighted by molar-refractivity contribution is -0.160. The molecular weight excluding hydrogens is 376 g/mol. The third-order valence-electron chi connectivity index (χ3n) is 5.40. The van der Waals surface area contributed by atoms with Crippen molar-refractivity contribution in [3.63, 3.8) is 0 Å². The van der Waals surface area contributed by atoms with Crippen LogP contribution < -0.4 is 5.32 Å². The van der Waals surface area contributed by atoms with Gasteiger partial charge < -0.3 is 15.0 Å². The number of amides is 2. The van der Waals surface area contributed by atoms with Crippen molar-refractivity contribution in [2.24, 2.45) is 0 Å². The van der Waals surface area contributed by atoms with E-state index in [4.69, 9.17) is 4.74 Å². The highest BCUT2D eigenvalue weighted by atomic mass is 32.2. The standard InChI is InChI=1S/C21H22N2O4S/c1-13(19(25)22-16-8-7-14-5-3-4-6-15(14)11-16)27-20(26)17-12-28-21(2)10-9-18(24)23(17)21/h3-8,11,13,17H,9-10,12H2,1-2H3,(H,22,25)/t13-,17+,21-/m0/s1. The molecule has 4 rings (SSSR count). The van der Waals surface area contributed by atoms with E-state index >= 15 is 0 Å². The molecule has 2 fully saturated rings. The number of nitrogens with one attached hydrogen (secondary N) is 1. The van der Waals surface area contributed by atoms with E-state index in [0.717, 1.165) is 17.2 Å². The van der Waals surface area contributed by atoms with Gasteiger partial charge in [-0.1, -0.05) is 30.3 Å². The zero-order valence-corrected chi connectivity index (χ0v) is 16.6. The maximum atomic E-state index is 12.6. The van der Waals surface area contributed by atoms with Gasteiger partial charge in [-0.2, -0.15) is 0 Å². The Morgan fingerprint density at radius 1 is 1.25 bits per heavy atom. The molecule has 0 bridgehead atoms. The van der Waals surface area contributed by atoms with Gasteiger partial charge in [0.2, 0.25) is 5.91 Å². The van der Waals surface area contributed by atoms with Gasteiger partial charge in [-0.05, 0) is 43.2 Å². The minimum atomic E-state index is -0.950. The second-order valence-corrected chi connectivity index (χ2v) is 8.90. The Labute approximate surface area is 167 Å². The molecule has 0 aliphatic carbocycles. The summed E-state index contributed by atoms with van der Waals surface area (Å²) in [5.74, 6) is -0.444. The Balaban J connectivity index is 1.40. The predicted molar refractivity (Wildman–Crippen MR) is 109 cm³/mol. The number of carbonyl (C=O) groups excluding carboxylic acids is 3. The van der Waals surface area contributed by atoms with Crippen LogP contribution in [0.25, 0.3) is 10.8 Å². The second kappa shape index (κ2) is 7.13. The molecule has 7 heteroatoms. The van der Waals surface area contributed by atoms with Crippen LogP contribution in [0.2, 0.25) is 0 Å². The normalized spacial score (nSPS) is 24.9. The van der Waals surface area contributed by atoms with Gasteiger partial charge in [0, 0.05) is 17.9 Å². The highest BCUT2D eigenvalue weighted by Crippen LogP contribution is 2.47. The van der Waals surface area contributed by atoms with Gasteiger partial charge in [0.25, 0.3) is 5.91 Å². The summed E-state index contributed by atoms with van der Waals surface area (Å²) in [6, 6.07) is 12.9. The molecule has 2 saturated heterocycles. The van der Waals surface area contributed by atoms with E-state index in [0.29, 0.717) is 17.9 Å². The lowest BCUT2D eigenvalue weighted by Gasteiger charge is -2.29. The van der Waals surface area contributed by atoms with Gasteiger partial charge in [-0.15, -0.1) is 11.8 Å². The summed E-state index contributed by atoms with van der Waals surface area (Å²) < 4.78 is 5.40. The lowest BCUT2D eigenvalue weighted by Crippen LogP contribution is -2.48. The SMILES string of the molecule is C[C@H](OC(=O)[C@H]1CS[C@@]2(C)CCC(=O)N12)C(=O)Nc1ccc2ccccc2c1. The number of fused-ring (bicyclic) bond motifs is 2. The Bertz CT molecular complexity index is 962. The van der Waals surface area contributed by atoms with Crippen molar-refractivity contribution < 1.29 is 19.1 Å². The molecule has 2 aliphatic heterocycles. The quantitative estimate of drug-likeness (QED) is 0.801. The van der Waals surface area contributed by atoms with Crippen LogP contribution in [-0.2, 0) is 19.1 Å². The number of esters is 1. The number of rotatable bonds is 4. The molecule has 2 heterocycles. The first-order valence-electron chi connectivity index (χ1n) is 9.34. The fourth-order valence-corrected chi connectivity index (χ4v) is 5.23. The van der Waals surface area contributed by atoms with Crippen molar-refractivity contribution in [1.82, 2.24) is 4.90 Å². The van der Waals surface area contributed by atoms with E-state index in [9.17, 15) is 14.4 Å². The molecule has 28 heavy (non-hydrogen) atoms. The number of hydrogen-bond acceptors (Lipinski definition) is 5. The summed E-state index contributed by atoms with van der Waals surface area (Å²) in [6.07, 6.45) is 0.234. The summed E-state index contributed by atoms with van der Waals surface area (Å²) >= 11 is 1.60. The molecule has 2 amide bonds. The van der Waals surface area contributed by atoms with E-state index < -0.39 is 24.0 Å². The number of benzene rings is 2. The van der Waals surface area contributed by atoms with Gasteiger partial charge in [-0.3, -0.25) is 9.59 Å². The molecule has 1 N–H and O–H groups in total. The van der Waals surface area contributed by atoms with Crippen LogP contribution in [-0.4, -0.2) is 45.5 Å². The largest absolute Gasteiger partial charge is 0.451 e. The molecule has 0 spiro atoms. The number of anilines is 1. The van der Waals surface area contributed by atoms with Crippen LogP contribution in [0.3, 0.4) is 0 Å². The molecule has 146 valence electrons. The number of hydrogen-bond donors (Lipinski definition) is 1. The average Bonchev–Trinajstić information content (AvgIpc) is 3.17. The Kier molecular flexibility index (Phi) is 4.79. The molecule has 0 radical (unpaired) electrons. The fourth-order valence-electron chi connectivity index (χ4n) is 3.81. The number of carbonyl (C=O) groups is 3. The Hall–Kier alpha value is -2.54. The summed E-state index contributed by atoms with van der Waals surface area (Å²) in [6.45, 7) is 3.52. The van der Waals surface area contributed by atoms with Crippen molar-refractivity contribution in [3.8, 4) is 0 Å². The van der Waals surface area contributed by atoms with Crippen molar-refractivity contribution in [2.45, 2.75) is 43.7 Å². The molecule has 2 aromatic carbocycles. The molecule has 2 aliphatic rings. The summed E-state index contributed by atoms with van der Waals surface area (Å²) in [7, 11) is 0. The fraction of sp³-hybridized carbons (Fsp3) is 0.381. The zero-order valence-electron chi connectivity index (χ0n) is 15.8. The first kappa shape index (κ1) is 18.8. The maximum absolute atomic E-state index is 12.6. The molecule has 0 aromatic heterocycles. The van der Waals surface area contributed by atoms with Crippen molar-refractivity contribution in [2.75, 3.05) is 11.1 Å². The molecule has 2 aromatic rings. The van der Waals surface area contributed by atoms with Gasteiger partial charge in [0.1, 0.15) is 6.04 Å². The van der Waals surface area contributed by atoms with Crippen LogP contribution in [0.1, 0.15) is 26.7 Å². The smallest absolute Gasteiger partial charge is 0.330 e. The Morgan fingerprint density at radius 2 is 2.00 bits per heavy atom. The van der Waals surface area contributed by atoms with Crippen molar-refractivity contribution in [1.29, 1.82) is 0 Å². The minimum Gasteiger partial charge on any atom is -0.451 e. The third-order valence-corrected chi connectivity index (χ3v) is 6.90. The maximum Gasteiger partial charge on any atom is 0.330 e. The van der Waals surface area contributed by atoms with Crippen LogP contribution in [0.5, 0.6) is 0 Å². The van der Waals surface area contributed by atoms with E-state index in [1.165, 1.54) is 0 Å². The zero-order chi connectivity index (χ0) is 19.9. The highest BCUT2D eigenvalue weighted by molar-refractivity contribution is 8.01. The van der Waals surface area contributed by atoms with E-state index in [2.05, 4.69) is 5.32 Å². The third kappa shape index (κ3) is 3.35. The van der Waals surface area contributed by atoms with Crippen LogP contribution in [0.4, 0.5) is 5.69 Å². The van der Waals surface area contributed by atoms with Crippen LogP contribution >= 0.6 is 11.8 Å².